The molecule has 0 aliphatic heterocycles. The summed E-state index contributed by atoms with van der Waals surface area (Å²) >= 11 is 0. The van der Waals surface area contributed by atoms with Crippen LogP contribution in [0.1, 0.15) is 19.8 Å². The van der Waals surface area contributed by atoms with Crippen molar-refractivity contribution in [2.75, 3.05) is 0 Å². The van der Waals surface area contributed by atoms with Crippen LogP contribution in [0.25, 0.3) is 0 Å². The van der Waals surface area contributed by atoms with Gasteiger partial charge in [-0.05, 0) is 18.8 Å². The van der Waals surface area contributed by atoms with E-state index in [1.54, 1.807) is 0 Å². The van der Waals surface area contributed by atoms with Gasteiger partial charge in [0.15, 0.2) is 0 Å². The Balaban J connectivity index is 2.19. The van der Waals surface area contributed by atoms with Crippen molar-refractivity contribution in [3.63, 3.8) is 0 Å². The van der Waals surface area contributed by atoms with Gasteiger partial charge in [-0.1, -0.05) is 42.9 Å². The molecular formula is C11H14. The van der Waals surface area contributed by atoms with Crippen LogP contribution >= 0.6 is 0 Å². The molecule has 0 N–H and O–H groups in total. The zero-order chi connectivity index (χ0) is 7.68. The summed E-state index contributed by atoms with van der Waals surface area (Å²) in [5.74, 6) is 1.50. The Morgan fingerprint density at radius 2 is 2.36 bits per heavy atom. The fourth-order valence-electron chi connectivity index (χ4n) is 1.86. The predicted octanol–water partition coefficient (Wildman–Crippen LogP) is 3.08. The van der Waals surface area contributed by atoms with Crippen LogP contribution in [-0.2, 0) is 0 Å². The van der Waals surface area contributed by atoms with Gasteiger partial charge >= 0.3 is 0 Å². The largest absolute Gasteiger partial charge is 0.0873 e. The summed E-state index contributed by atoms with van der Waals surface area (Å²) in [7, 11) is 0. The summed E-state index contributed by atoms with van der Waals surface area (Å²) in [6, 6.07) is 0. The maximum atomic E-state index is 2.41. The van der Waals surface area contributed by atoms with Crippen LogP contribution in [0.4, 0.5) is 0 Å². The number of hydrogen-bond donors (Lipinski definition) is 0. The van der Waals surface area contributed by atoms with E-state index in [0.717, 1.165) is 11.8 Å². The van der Waals surface area contributed by atoms with Gasteiger partial charge < -0.3 is 0 Å². The van der Waals surface area contributed by atoms with Crippen molar-refractivity contribution in [3.05, 3.63) is 36.0 Å². The highest BCUT2D eigenvalue weighted by Gasteiger charge is 2.20. The first-order chi connectivity index (χ1) is 5.40. The summed E-state index contributed by atoms with van der Waals surface area (Å²) in [6.45, 7) is 2.22. The lowest BCUT2D eigenvalue weighted by Crippen LogP contribution is -2.06. The molecule has 2 unspecified atom stereocenters. The molecular weight excluding hydrogens is 132 g/mol. The topological polar surface area (TPSA) is 0 Å². The van der Waals surface area contributed by atoms with Gasteiger partial charge in [-0.3, -0.25) is 0 Å². The average molecular weight is 146 g/mol. The maximum absolute atomic E-state index is 2.41. The Bertz CT molecular complexity index is 230. The molecule has 2 atom stereocenters. The molecule has 2 aliphatic carbocycles. The van der Waals surface area contributed by atoms with E-state index in [0.29, 0.717) is 0 Å². The van der Waals surface area contributed by atoms with Crippen molar-refractivity contribution < 1.29 is 0 Å². The summed E-state index contributed by atoms with van der Waals surface area (Å²) < 4.78 is 0. The lowest BCUT2D eigenvalue weighted by Gasteiger charge is -2.17. The van der Waals surface area contributed by atoms with Gasteiger partial charge in [0, 0.05) is 5.92 Å². The van der Waals surface area contributed by atoms with Crippen LogP contribution in [0, 0.1) is 11.8 Å². The maximum Gasteiger partial charge on any atom is 0.00183 e. The summed E-state index contributed by atoms with van der Waals surface area (Å²) in [5.41, 5.74) is 1.50. The van der Waals surface area contributed by atoms with Crippen LogP contribution in [0.3, 0.4) is 0 Å². The molecule has 0 radical (unpaired) electrons. The minimum absolute atomic E-state index is 0.718. The average Bonchev–Trinajstić information content (AvgIpc) is 2.50. The van der Waals surface area contributed by atoms with E-state index in [1.807, 2.05) is 0 Å². The number of fused-ring (bicyclic) bond motifs is 1. The van der Waals surface area contributed by atoms with Gasteiger partial charge in [-0.2, -0.15) is 0 Å². The molecule has 0 aromatic rings. The number of rotatable bonds is 1. The molecule has 0 nitrogen and oxygen atoms in total. The van der Waals surface area contributed by atoms with Crippen LogP contribution in [0.2, 0.25) is 0 Å². The Morgan fingerprint density at radius 1 is 1.45 bits per heavy atom. The number of hydrogen-bond acceptors (Lipinski definition) is 0. The quantitative estimate of drug-likeness (QED) is 0.499. The van der Waals surface area contributed by atoms with E-state index < -0.39 is 0 Å². The first-order valence-corrected chi connectivity index (χ1v) is 4.45. The second kappa shape index (κ2) is 2.69. The molecule has 0 fully saturated rings. The molecule has 0 heteroatoms. The van der Waals surface area contributed by atoms with E-state index >= 15 is 0 Å². The monoisotopic (exact) mass is 146 g/mol. The zero-order valence-corrected chi connectivity index (χ0v) is 6.96. The van der Waals surface area contributed by atoms with Crippen molar-refractivity contribution in [3.8, 4) is 0 Å². The third-order valence-corrected chi connectivity index (χ3v) is 2.63. The van der Waals surface area contributed by atoms with E-state index in [4.69, 9.17) is 0 Å². The molecule has 0 heterocycles. The Morgan fingerprint density at radius 3 is 3.18 bits per heavy atom. The van der Waals surface area contributed by atoms with Crippen molar-refractivity contribution in [1.29, 1.82) is 0 Å². The van der Waals surface area contributed by atoms with Gasteiger partial charge in [0.2, 0.25) is 0 Å². The third-order valence-electron chi connectivity index (χ3n) is 2.63. The number of allylic oxidation sites excluding steroid dienone is 6. The van der Waals surface area contributed by atoms with Crippen LogP contribution in [0.5, 0.6) is 0 Å². The molecule has 0 saturated heterocycles. The molecule has 0 saturated carbocycles. The molecule has 0 amide bonds. The fraction of sp³-hybridized carbons (Fsp3) is 0.455. The zero-order valence-electron chi connectivity index (χ0n) is 6.96. The Kier molecular flexibility index (Phi) is 1.69. The standard InChI is InChI=1S/C11H14/c1-2-9-6-7-10-4-3-5-11(10)8-9/h3,5-8,10-11H,2,4H2,1H3. The normalized spacial score (nSPS) is 33.7. The lowest BCUT2D eigenvalue weighted by atomic mass is 9.88. The van der Waals surface area contributed by atoms with E-state index in [2.05, 4.69) is 37.3 Å². The molecule has 0 aromatic heterocycles. The summed E-state index contributed by atoms with van der Waals surface area (Å²) in [6.07, 6.45) is 14.1. The minimum Gasteiger partial charge on any atom is -0.0873 e. The molecule has 2 aliphatic rings. The molecule has 58 valence electrons. The van der Waals surface area contributed by atoms with E-state index in [9.17, 15) is 0 Å². The smallest absolute Gasteiger partial charge is 0.00183 e. The first-order valence-electron chi connectivity index (χ1n) is 4.45. The van der Waals surface area contributed by atoms with Crippen LogP contribution < -0.4 is 0 Å². The molecule has 0 aromatic carbocycles. The van der Waals surface area contributed by atoms with Gasteiger partial charge in [-0.25, -0.2) is 0 Å². The van der Waals surface area contributed by atoms with Crippen LogP contribution in [0.15, 0.2) is 36.0 Å². The van der Waals surface area contributed by atoms with Crippen LogP contribution in [-0.4, -0.2) is 0 Å². The first kappa shape index (κ1) is 6.90. The second-order valence-corrected chi connectivity index (χ2v) is 3.36. The third kappa shape index (κ3) is 1.18. The Hall–Kier alpha value is -0.780. The van der Waals surface area contributed by atoms with Gasteiger partial charge in [0.05, 0.1) is 0 Å². The minimum atomic E-state index is 0.718. The van der Waals surface area contributed by atoms with Crippen molar-refractivity contribution >= 4 is 0 Å². The predicted molar refractivity (Wildman–Crippen MR) is 48.3 cm³/mol. The highest BCUT2D eigenvalue weighted by Crippen LogP contribution is 2.32. The van der Waals surface area contributed by atoms with Gasteiger partial charge in [0.25, 0.3) is 0 Å². The second-order valence-electron chi connectivity index (χ2n) is 3.36. The van der Waals surface area contributed by atoms with Gasteiger partial charge in [-0.15, -0.1) is 0 Å². The molecule has 2 rings (SSSR count). The van der Waals surface area contributed by atoms with E-state index in [1.165, 1.54) is 18.4 Å². The lowest BCUT2D eigenvalue weighted by molar-refractivity contribution is 0.590. The molecule has 0 spiro atoms. The summed E-state index contributed by atoms with van der Waals surface area (Å²) in [4.78, 5) is 0. The van der Waals surface area contributed by atoms with Crippen molar-refractivity contribution in [2.24, 2.45) is 11.8 Å². The molecule has 0 bridgehead atoms. The SMILES string of the molecule is CCC1=CC2C=CCC2C=C1. The van der Waals surface area contributed by atoms with E-state index in [-0.39, 0.29) is 0 Å². The fourth-order valence-corrected chi connectivity index (χ4v) is 1.86. The summed E-state index contributed by atoms with van der Waals surface area (Å²) in [5, 5.41) is 0. The highest BCUT2D eigenvalue weighted by molar-refractivity contribution is 5.30. The van der Waals surface area contributed by atoms with Crippen molar-refractivity contribution in [1.82, 2.24) is 0 Å². The highest BCUT2D eigenvalue weighted by atomic mass is 14.2. The Labute approximate surface area is 68.3 Å². The molecule has 11 heavy (non-hydrogen) atoms. The van der Waals surface area contributed by atoms with Crippen molar-refractivity contribution in [2.45, 2.75) is 19.8 Å². The van der Waals surface area contributed by atoms with Gasteiger partial charge in [0.1, 0.15) is 0 Å².